The molecular formula is C19H20N2O5S. The lowest BCUT2D eigenvalue weighted by molar-refractivity contribution is 0.0406. The van der Waals surface area contributed by atoms with Crippen LogP contribution >= 0.6 is 0 Å². The summed E-state index contributed by atoms with van der Waals surface area (Å²) in [7, 11) is -3.30. The Morgan fingerprint density at radius 2 is 2.07 bits per heavy atom. The summed E-state index contributed by atoms with van der Waals surface area (Å²) in [5.74, 6) is 0.119. The molecule has 3 heterocycles. The van der Waals surface area contributed by atoms with E-state index in [2.05, 4.69) is 4.98 Å². The average molecular weight is 388 g/mol. The quantitative estimate of drug-likeness (QED) is 0.853. The number of likely N-dealkylation sites (tertiary alicyclic amines) is 1. The molecule has 0 saturated carbocycles. The van der Waals surface area contributed by atoms with Gasteiger partial charge in [0, 0.05) is 36.8 Å². The molecule has 2 saturated heterocycles. The predicted molar refractivity (Wildman–Crippen MR) is 98.4 cm³/mol. The molecule has 7 nitrogen and oxygen atoms in total. The van der Waals surface area contributed by atoms with Gasteiger partial charge in [0.15, 0.2) is 9.84 Å². The number of amides is 1. The van der Waals surface area contributed by atoms with Gasteiger partial charge in [-0.1, -0.05) is 12.1 Å². The maximum Gasteiger partial charge on any atom is 0.254 e. The van der Waals surface area contributed by atoms with Gasteiger partial charge in [-0.2, -0.15) is 0 Å². The number of hydrogen-bond acceptors (Lipinski definition) is 6. The van der Waals surface area contributed by atoms with Crippen LogP contribution in [0.2, 0.25) is 0 Å². The number of hydrogen-bond donors (Lipinski definition) is 1. The van der Waals surface area contributed by atoms with Gasteiger partial charge in [0.05, 0.1) is 12.4 Å². The van der Waals surface area contributed by atoms with Crippen molar-refractivity contribution in [3.05, 3.63) is 54.2 Å². The van der Waals surface area contributed by atoms with E-state index >= 15 is 0 Å². The van der Waals surface area contributed by atoms with Crippen LogP contribution in [0.5, 0.6) is 11.6 Å². The summed E-state index contributed by atoms with van der Waals surface area (Å²) in [6.45, 7) is 0.560. The van der Waals surface area contributed by atoms with Gasteiger partial charge in [-0.15, -0.1) is 0 Å². The Balaban J connectivity index is 1.48. The second-order valence-corrected chi connectivity index (χ2v) is 9.51. The molecular weight excluding hydrogens is 368 g/mol. The van der Waals surface area contributed by atoms with Gasteiger partial charge in [-0.3, -0.25) is 4.79 Å². The SMILES string of the molecule is O=C(c1cccc(O)c1)N1CC2(C1)[C@@H](COc1ccccn1)CCS2(=O)=O. The molecule has 8 heteroatoms. The molecule has 1 spiro atoms. The minimum absolute atomic E-state index is 0.00575. The van der Waals surface area contributed by atoms with Gasteiger partial charge in [0.25, 0.3) is 5.91 Å². The Morgan fingerprint density at radius 1 is 1.26 bits per heavy atom. The molecule has 4 rings (SSSR count). The van der Waals surface area contributed by atoms with E-state index in [0.717, 1.165) is 0 Å². The van der Waals surface area contributed by atoms with E-state index in [-0.39, 0.29) is 43.0 Å². The van der Waals surface area contributed by atoms with Crippen LogP contribution in [0.25, 0.3) is 0 Å². The van der Waals surface area contributed by atoms with Crippen molar-refractivity contribution in [2.75, 3.05) is 25.4 Å². The first-order valence-electron chi connectivity index (χ1n) is 8.76. The fourth-order valence-corrected chi connectivity index (χ4v) is 6.29. The third-order valence-corrected chi connectivity index (χ3v) is 8.07. The number of carbonyl (C=O) groups is 1. The van der Waals surface area contributed by atoms with E-state index in [9.17, 15) is 18.3 Å². The minimum Gasteiger partial charge on any atom is -0.508 e. The van der Waals surface area contributed by atoms with Crippen LogP contribution in [0.1, 0.15) is 16.8 Å². The molecule has 142 valence electrons. The highest BCUT2D eigenvalue weighted by molar-refractivity contribution is 7.93. The molecule has 1 aromatic heterocycles. The van der Waals surface area contributed by atoms with Crippen LogP contribution in [0.4, 0.5) is 0 Å². The van der Waals surface area contributed by atoms with Gasteiger partial charge in [-0.25, -0.2) is 13.4 Å². The number of aromatic hydroxyl groups is 1. The summed E-state index contributed by atoms with van der Waals surface area (Å²) in [5, 5.41) is 9.55. The van der Waals surface area contributed by atoms with E-state index in [0.29, 0.717) is 17.9 Å². The Hall–Kier alpha value is -2.61. The van der Waals surface area contributed by atoms with Crippen molar-refractivity contribution in [3.8, 4) is 11.6 Å². The highest BCUT2D eigenvalue weighted by Crippen LogP contribution is 2.45. The highest BCUT2D eigenvalue weighted by atomic mass is 32.2. The van der Waals surface area contributed by atoms with Crippen molar-refractivity contribution in [3.63, 3.8) is 0 Å². The normalized spacial score (nSPS) is 22.4. The summed E-state index contributed by atoms with van der Waals surface area (Å²) >= 11 is 0. The summed E-state index contributed by atoms with van der Waals surface area (Å²) in [6, 6.07) is 11.4. The van der Waals surface area contributed by atoms with Crippen LogP contribution in [-0.2, 0) is 9.84 Å². The smallest absolute Gasteiger partial charge is 0.254 e. The van der Waals surface area contributed by atoms with Gasteiger partial charge < -0.3 is 14.7 Å². The number of benzene rings is 1. The largest absolute Gasteiger partial charge is 0.508 e. The maximum absolute atomic E-state index is 12.7. The number of aromatic nitrogens is 1. The summed E-state index contributed by atoms with van der Waals surface area (Å²) in [5.41, 5.74) is 0.349. The number of pyridine rings is 1. The monoisotopic (exact) mass is 388 g/mol. The maximum atomic E-state index is 12.7. The van der Waals surface area contributed by atoms with Crippen LogP contribution in [0.3, 0.4) is 0 Å². The zero-order chi connectivity index (χ0) is 19.1. The number of nitrogens with zero attached hydrogens (tertiary/aromatic N) is 2. The third kappa shape index (κ3) is 3.03. The van der Waals surface area contributed by atoms with Gasteiger partial charge >= 0.3 is 0 Å². The average Bonchev–Trinajstić information content (AvgIpc) is 2.89. The molecule has 0 unspecified atom stereocenters. The van der Waals surface area contributed by atoms with Gasteiger partial charge in [-0.05, 0) is 30.7 Å². The first-order chi connectivity index (χ1) is 12.9. The Morgan fingerprint density at radius 3 is 2.78 bits per heavy atom. The van der Waals surface area contributed by atoms with Crippen LogP contribution < -0.4 is 4.74 Å². The first kappa shape index (κ1) is 17.8. The second kappa shape index (κ2) is 6.53. The first-order valence-corrected chi connectivity index (χ1v) is 10.4. The molecule has 2 aromatic rings. The third-order valence-electron chi connectivity index (χ3n) is 5.47. The highest BCUT2D eigenvalue weighted by Gasteiger charge is 2.62. The van der Waals surface area contributed by atoms with Crippen molar-refractivity contribution < 1.29 is 23.1 Å². The van der Waals surface area contributed by atoms with E-state index in [1.165, 1.54) is 17.0 Å². The van der Waals surface area contributed by atoms with Crippen LogP contribution in [0, 0.1) is 5.92 Å². The number of carbonyl (C=O) groups excluding carboxylic acids is 1. The van der Waals surface area contributed by atoms with E-state index in [1.807, 2.05) is 6.07 Å². The zero-order valence-electron chi connectivity index (χ0n) is 14.6. The molecule has 2 fully saturated rings. The molecule has 27 heavy (non-hydrogen) atoms. The Kier molecular flexibility index (Phi) is 4.30. The standard InChI is InChI=1S/C19H20N2O5S/c22-16-5-3-4-14(10-16)18(23)21-12-19(13-21)15(7-9-27(19,24)25)11-26-17-6-1-2-8-20-17/h1-6,8,10,15,22H,7,9,11-13H2/t15-/m1/s1. The summed E-state index contributed by atoms with van der Waals surface area (Å²) in [6.07, 6.45) is 2.14. The molecule has 0 radical (unpaired) electrons. The fraction of sp³-hybridized carbons (Fsp3) is 0.368. The van der Waals surface area contributed by atoms with E-state index in [1.54, 1.807) is 30.5 Å². The minimum atomic E-state index is -3.30. The molecule has 0 aliphatic carbocycles. The molecule has 1 atom stereocenters. The molecule has 1 N–H and O–H groups in total. The second-order valence-electron chi connectivity index (χ2n) is 7.06. The summed E-state index contributed by atoms with van der Waals surface area (Å²) in [4.78, 5) is 18.2. The number of ether oxygens (including phenoxy) is 1. The molecule has 0 bridgehead atoms. The predicted octanol–water partition coefficient (Wildman–Crippen LogP) is 1.50. The van der Waals surface area contributed by atoms with Crippen LogP contribution in [-0.4, -0.2) is 59.5 Å². The summed E-state index contributed by atoms with van der Waals surface area (Å²) < 4.78 is 30.1. The van der Waals surface area contributed by atoms with E-state index < -0.39 is 14.6 Å². The Bertz CT molecular complexity index is 955. The molecule has 1 aromatic carbocycles. The van der Waals surface area contributed by atoms with Crippen molar-refractivity contribution in [2.45, 2.75) is 11.2 Å². The number of phenols is 1. The number of rotatable bonds is 4. The lowest BCUT2D eigenvalue weighted by Gasteiger charge is -2.49. The van der Waals surface area contributed by atoms with Crippen molar-refractivity contribution in [1.82, 2.24) is 9.88 Å². The van der Waals surface area contributed by atoms with Crippen molar-refractivity contribution in [1.29, 1.82) is 0 Å². The fourth-order valence-electron chi connectivity index (χ4n) is 3.89. The van der Waals surface area contributed by atoms with Crippen molar-refractivity contribution >= 4 is 15.7 Å². The Labute approximate surface area is 157 Å². The lowest BCUT2D eigenvalue weighted by atomic mass is 9.83. The molecule has 2 aliphatic heterocycles. The van der Waals surface area contributed by atoms with Gasteiger partial charge in [0.2, 0.25) is 5.88 Å². The van der Waals surface area contributed by atoms with Gasteiger partial charge in [0.1, 0.15) is 10.5 Å². The number of phenolic OH excluding ortho intramolecular Hbond substituents is 1. The zero-order valence-corrected chi connectivity index (χ0v) is 15.4. The topological polar surface area (TPSA) is 96.8 Å². The lowest BCUT2D eigenvalue weighted by Crippen LogP contribution is -2.68. The van der Waals surface area contributed by atoms with Crippen molar-refractivity contribution in [2.24, 2.45) is 5.92 Å². The van der Waals surface area contributed by atoms with E-state index in [4.69, 9.17) is 4.74 Å². The molecule has 1 amide bonds. The number of sulfone groups is 1. The van der Waals surface area contributed by atoms with Crippen LogP contribution in [0.15, 0.2) is 48.7 Å². The molecule has 2 aliphatic rings.